The second-order valence-electron chi connectivity index (χ2n) is 3.60. The Bertz CT molecular complexity index is 372. The van der Waals surface area contributed by atoms with Crippen LogP contribution in [0.1, 0.15) is 30.6 Å². The molecule has 1 aliphatic heterocycles. The number of carbonyl (C=O) groups excluding carboxylic acids is 1. The first-order valence-electron chi connectivity index (χ1n) is 4.78. The largest absolute Gasteiger partial charge is 0.389 e. The van der Waals surface area contributed by atoms with Crippen molar-refractivity contribution in [2.75, 3.05) is 5.32 Å². The lowest BCUT2D eigenvalue weighted by Gasteiger charge is -2.21. The minimum absolute atomic E-state index is 0.0558. The maximum absolute atomic E-state index is 11.1. The minimum atomic E-state index is -0.472. The van der Waals surface area contributed by atoms with Crippen LogP contribution in [0.4, 0.5) is 5.69 Å². The van der Waals surface area contributed by atoms with E-state index in [2.05, 4.69) is 5.32 Å². The number of amides is 1. The van der Waals surface area contributed by atoms with Crippen LogP contribution < -0.4 is 5.32 Å². The Morgan fingerprint density at radius 3 is 2.93 bits per heavy atom. The van der Waals surface area contributed by atoms with Crippen molar-refractivity contribution in [3.63, 3.8) is 0 Å². The van der Waals surface area contributed by atoms with Gasteiger partial charge < -0.3 is 10.4 Å². The fourth-order valence-corrected chi connectivity index (χ4v) is 1.84. The van der Waals surface area contributed by atoms with Gasteiger partial charge in [0.1, 0.15) is 0 Å². The van der Waals surface area contributed by atoms with Gasteiger partial charge in [-0.3, -0.25) is 4.79 Å². The average molecular weight is 191 g/mol. The van der Waals surface area contributed by atoms with E-state index in [0.717, 1.165) is 23.2 Å². The van der Waals surface area contributed by atoms with Gasteiger partial charge in [0.25, 0.3) is 0 Å². The molecule has 1 amide bonds. The monoisotopic (exact) mass is 191 g/mol. The van der Waals surface area contributed by atoms with E-state index in [9.17, 15) is 9.90 Å². The fraction of sp³-hybridized carbons (Fsp3) is 0.364. The Hall–Kier alpha value is -1.35. The van der Waals surface area contributed by atoms with Gasteiger partial charge in [-0.1, -0.05) is 12.1 Å². The minimum Gasteiger partial charge on any atom is -0.389 e. The Morgan fingerprint density at radius 1 is 1.43 bits per heavy atom. The lowest BCUT2D eigenvalue weighted by Crippen LogP contribution is -2.20. The number of rotatable bonds is 1. The summed E-state index contributed by atoms with van der Waals surface area (Å²) in [4.78, 5) is 11.1. The number of nitrogens with one attached hydrogen (secondary N) is 1. The predicted molar refractivity (Wildman–Crippen MR) is 54.0 cm³/mol. The van der Waals surface area contributed by atoms with Crippen LogP contribution in [0.25, 0.3) is 0 Å². The van der Waals surface area contributed by atoms with Crippen molar-refractivity contribution in [2.45, 2.75) is 25.9 Å². The Morgan fingerprint density at radius 2 is 2.21 bits per heavy atom. The van der Waals surface area contributed by atoms with Gasteiger partial charge in [-0.2, -0.15) is 0 Å². The van der Waals surface area contributed by atoms with Crippen molar-refractivity contribution in [3.05, 3.63) is 29.3 Å². The Labute approximate surface area is 82.8 Å². The highest BCUT2D eigenvalue weighted by atomic mass is 16.3. The SMILES string of the molecule is CC(O)c1cccc2c1CCC(=O)N2. The van der Waals surface area contributed by atoms with Crippen molar-refractivity contribution in [2.24, 2.45) is 0 Å². The molecule has 0 radical (unpaired) electrons. The third kappa shape index (κ3) is 1.51. The molecule has 3 nitrogen and oxygen atoms in total. The molecule has 74 valence electrons. The molecule has 1 aliphatic rings. The molecule has 3 heteroatoms. The average Bonchev–Trinajstić information content (AvgIpc) is 2.16. The van der Waals surface area contributed by atoms with Gasteiger partial charge in [-0.25, -0.2) is 0 Å². The van der Waals surface area contributed by atoms with Crippen LogP contribution >= 0.6 is 0 Å². The van der Waals surface area contributed by atoms with E-state index in [-0.39, 0.29) is 5.91 Å². The molecule has 0 saturated carbocycles. The van der Waals surface area contributed by atoms with Gasteiger partial charge in [-0.15, -0.1) is 0 Å². The molecule has 0 aromatic heterocycles. The van der Waals surface area contributed by atoms with Crippen LogP contribution in [0.2, 0.25) is 0 Å². The van der Waals surface area contributed by atoms with Crippen LogP contribution in [0, 0.1) is 0 Å². The number of aliphatic hydroxyl groups is 1. The molecule has 1 aromatic rings. The van der Waals surface area contributed by atoms with Gasteiger partial charge in [0.05, 0.1) is 6.10 Å². The number of anilines is 1. The molecule has 0 bridgehead atoms. The molecule has 2 rings (SSSR count). The highest BCUT2D eigenvalue weighted by Crippen LogP contribution is 2.29. The zero-order valence-corrected chi connectivity index (χ0v) is 8.08. The fourth-order valence-electron chi connectivity index (χ4n) is 1.84. The maximum Gasteiger partial charge on any atom is 0.224 e. The van der Waals surface area contributed by atoms with E-state index < -0.39 is 6.10 Å². The summed E-state index contributed by atoms with van der Waals surface area (Å²) in [5.74, 6) is 0.0558. The Kier molecular flexibility index (Phi) is 2.25. The van der Waals surface area contributed by atoms with Gasteiger partial charge in [0.2, 0.25) is 5.91 Å². The lowest BCUT2D eigenvalue weighted by atomic mass is 9.95. The number of aliphatic hydroxyl groups excluding tert-OH is 1. The third-order valence-electron chi connectivity index (χ3n) is 2.54. The molecule has 1 heterocycles. The first-order valence-corrected chi connectivity index (χ1v) is 4.78. The van der Waals surface area contributed by atoms with Crippen molar-refractivity contribution in [1.82, 2.24) is 0 Å². The van der Waals surface area contributed by atoms with Crippen molar-refractivity contribution in [1.29, 1.82) is 0 Å². The summed E-state index contributed by atoms with van der Waals surface area (Å²) in [5, 5.41) is 12.3. The summed E-state index contributed by atoms with van der Waals surface area (Å²) in [6.45, 7) is 1.74. The number of carbonyl (C=O) groups is 1. The number of benzene rings is 1. The molecule has 0 fully saturated rings. The van der Waals surface area contributed by atoms with Gasteiger partial charge in [0.15, 0.2) is 0 Å². The summed E-state index contributed by atoms with van der Waals surface area (Å²) in [5.41, 5.74) is 2.84. The maximum atomic E-state index is 11.1. The molecule has 0 saturated heterocycles. The van der Waals surface area contributed by atoms with Crippen LogP contribution in [0.3, 0.4) is 0 Å². The van der Waals surface area contributed by atoms with E-state index in [1.165, 1.54) is 0 Å². The third-order valence-corrected chi connectivity index (χ3v) is 2.54. The second kappa shape index (κ2) is 3.42. The summed E-state index contributed by atoms with van der Waals surface area (Å²) >= 11 is 0. The van der Waals surface area contributed by atoms with E-state index >= 15 is 0 Å². The first kappa shape index (κ1) is 9.21. The molecule has 2 N–H and O–H groups in total. The van der Waals surface area contributed by atoms with Crippen LogP contribution in [0.5, 0.6) is 0 Å². The molecule has 0 spiro atoms. The smallest absolute Gasteiger partial charge is 0.224 e. The summed E-state index contributed by atoms with van der Waals surface area (Å²) in [7, 11) is 0. The highest BCUT2D eigenvalue weighted by molar-refractivity contribution is 5.94. The molecule has 1 aromatic carbocycles. The molecular formula is C11H13NO2. The van der Waals surface area contributed by atoms with Crippen LogP contribution in [-0.2, 0) is 11.2 Å². The Balaban J connectivity index is 2.46. The zero-order chi connectivity index (χ0) is 10.1. The normalized spacial score (nSPS) is 17.1. The van der Waals surface area contributed by atoms with Crippen LogP contribution in [-0.4, -0.2) is 11.0 Å². The topological polar surface area (TPSA) is 49.3 Å². The molecule has 1 unspecified atom stereocenters. The van der Waals surface area contributed by atoms with Crippen molar-refractivity contribution >= 4 is 11.6 Å². The zero-order valence-electron chi connectivity index (χ0n) is 8.08. The number of fused-ring (bicyclic) bond motifs is 1. The number of hydrogen-bond donors (Lipinski definition) is 2. The lowest BCUT2D eigenvalue weighted by molar-refractivity contribution is -0.116. The van der Waals surface area contributed by atoms with Gasteiger partial charge >= 0.3 is 0 Å². The second-order valence-corrected chi connectivity index (χ2v) is 3.60. The summed E-state index contributed by atoms with van der Waals surface area (Å²) in [6.07, 6.45) is 0.763. The standard InChI is InChI=1S/C11H13NO2/c1-7(13)8-3-2-4-10-9(8)5-6-11(14)12-10/h2-4,7,13H,5-6H2,1H3,(H,12,14). The first-order chi connectivity index (χ1) is 6.68. The number of hydrogen-bond acceptors (Lipinski definition) is 2. The van der Waals surface area contributed by atoms with E-state index in [1.807, 2.05) is 18.2 Å². The summed E-state index contributed by atoms with van der Waals surface area (Å²) in [6, 6.07) is 5.63. The van der Waals surface area contributed by atoms with Gasteiger partial charge in [0, 0.05) is 12.1 Å². The molecule has 14 heavy (non-hydrogen) atoms. The van der Waals surface area contributed by atoms with E-state index in [1.54, 1.807) is 6.92 Å². The molecular weight excluding hydrogens is 178 g/mol. The molecule has 1 atom stereocenters. The highest BCUT2D eigenvalue weighted by Gasteiger charge is 2.18. The summed E-state index contributed by atoms with van der Waals surface area (Å²) < 4.78 is 0. The van der Waals surface area contributed by atoms with Crippen LogP contribution in [0.15, 0.2) is 18.2 Å². The molecule has 0 aliphatic carbocycles. The van der Waals surface area contributed by atoms with Crippen molar-refractivity contribution in [3.8, 4) is 0 Å². The van der Waals surface area contributed by atoms with Crippen molar-refractivity contribution < 1.29 is 9.90 Å². The predicted octanol–water partition coefficient (Wildman–Crippen LogP) is 1.62. The quantitative estimate of drug-likeness (QED) is 0.708. The van der Waals surface area contributed by atoms with Gasteiger partial charge in [-0.05, 0) is 30.5 Å². The van der Waals surface area contributed by atoms with E-state index in [0.29, 0.717) is 6.42 Å². The van der Waals surface area contributed by atoms with E-state index in [4.69, 9.17) is 0 Å².